The van der Waals surface area contributed by atoms with Gasteiger partial charge in [-0.05, 0) is 6.92 Å². The normalized spacial score (nSPS) is 27.8. The van der Waals surface area contributed by atoms with Crippen LogP contribution in [0.15, 0.2) is 11.3 Å². The fourth-order valence-corrected chi connectivity index (χ4v) is 2.88. The summed E-state index contributed by atoms with van der Waals surface area (Å²) in [6.07, 6.45) is 1.58. The van der Waals surface area contributed by atoms with Gasteiger partial charge in [0.15, 0.2) is 5.78 Å². The number of carbonyl (C=O) groups excluding carboxylic acids is 1. The molecule has 0 amide bonds. The van der Waals surface area contributed by atoms with Gasteiger partial charge in [0.2, 0.25) is 0 Å². The van der Waals surface area contributed by atoms with E-state index >= 15 is 0 Å². The Kier molecular flexibility index (Phi) is 4.62. The maximum absolute atomic E-state index is 11.8. The summed E-state index contributed by atoms with van der Waals surface area (Å²) in [6, 6.07) is 0. The van der Waals surface area contributed by atoms with E-state index in [0.717, 1.165) is 17.8 Å². The van der Waals surface area contributed by atoms with Gasteiger partial charge >= 0.3 is 0 Å². The van der Waals surface area contributed by atoms with Gasteiger partial charge in [-0.2, -0.15) is 0 Å². The topological polar surface area (TPSA) is 26.3 Å². The summed E-state index contributed by atoms with van der Waals surface area (Å²) in [4.78, 5) is 11.8. The van der Waals surface area contributed by atoms with Crippen LogP contribution in [0.2, 0.25) is 0 Å². The molecule has 2 nitrogen and oxygen atoms in total. The highest BCUT2D eigenvalue weighted by Crippen LogP contribution is 2.37. The van der Waals surface area contributed by atoms with Crippen molar-refractivity contribution in [3.05, 3.63) is 11.3 Å². The van der Waals surface area contributed by atoms with Crippen LogP contribution in [-0.4, -0.2) is 15.8 Å². The van der Waals surface area contributed by atoms with E-state index in [9.17, 15) is 4.79 Å². The fourth-order valence-electron chi connectivity index (χ4n) is 2.11. The first kappa shape index (κ1) is 13.0. The van der Waals surface area contributed by atoms with E-state index in [-0.39, 0.29) is 17.8 Å². The molecule has 15 heavy (non-hydrogen) atoms. The summed E-state index contributed by atoms with van der Waals surface area (Å²) in [5.74, 6) is 1.42. The average Bonchev–Trinajstić information content (AvgIpc) is 2.54. The third-order valence-electron chi connectivity index (χ3n) is 2.92. The molecular formula is C12H19IO2. The first-order valence-electron chi connectivity index (χ1n) is 5.59. The zero-order chi connectivity index (χ0) is 11.6. The molecule has 0 N–H and O–H groups in total. The Bertz CT molecular complexity index is 281. The van der Waals surface area contributed by atoms with Crippen molar-refractivity contribution in [3.8, 4) is 0 Å². The Hall–Kier alpha value is -0.0600. The first-order chi connectivity index (χ1) is 7.02. The molecule has 0 saturated heterocycles. The van der Waals surface area contributed by atoms with Gasteiger partial charge in [0.25, 0.3) is 0 Å². The SMILES string of the molecule is CCC(=O)C1=C(CC)O[C@@H]([C@@H](C)I)[C@@H]1C. The molecule has 0 aliphatic carbocycles. The van der Waals surface area contributed by atoms with E-state index in [0.29, 0.717) is 10.3 Å². The lowest BCUT2D eigenvalue weighted by Gasteiger charge is -2.19. The van der Waals surface area contributed by atoms with E-state index < -0.39 is 0 Å². The number of hydrogen-bond donors (Lipinski definition) is 0. The maximum Gasteiger partial charge on any atom is 0.162 e. The van der Waals surface area contributed by atoms with Gasteiger partial charge in [0.05, 0.1) is 0 Å². The van der Waals surface area contributed by atoms with Gasteiger partial charge in [-0.25, -0.2) is 0 Å². The lowest BCUT2D eigenvalue weighted by molar-refractivity contribution is -0.115. The molecule has 1 aliphatic rings. The van der Waals surface area contributed by atoms with Crippen LogP contribution in [0.1, 0.15) is 40.5 Å². The number of allylic oxidation sites excluding steroid dienone is 1. The highest BCUT2D eigenvalue weighted by Gasteiger charge is 2.37. The van der Waals surface area contributed by atoms with Crippen molar-refractivity contribution in [2.75, 3.05) is 0 Å². The van der Waals surface area contributed by atoms with Crippen molar-refractivity contribution in [1.82, 2.24) is 0 Å². The minimum Gasteiger partial charge on any atom is -0.493 e. The minimum atomic E-state index is 0.172. The molecule has 3 heteroatoms. The summed E-state index contributed by atoms with van der Waals surface area (Å²) in [5, 5.41) is 0. The Balaban J connectivity index is 2.94. The van der Waals surface area contributed by atoms with Gasteiger partial charge in [-0.15, -0.1) is 0 Å². The smallest absolute Gasteiger partial charge is 0.162 e. The number of halogens is 1. The van der Waals surface area contributed by atoms with Gasteiger partial charge in [-0.1, -0.05) is 43.4 Å². The molecule has 1 heterocycles. The summed E-state index contributed by atoms with van der Waals surface area (Å²) < 4.78 is 6.30. The van der Waals surface area contributed by atoms with E-state index in [1.165, 1.54) is 0 Å². The molecule has 86 valence electrons. The molecular weight excluding hydrogens is 303 g/mol. The van der Waals surface area contributed by atoms with Crippen molar-refractivity contribution in [3.63, 3.8) is 0 Å². The number of hydrogen-bond acceptors (Lipinski definition) is 2. The zero-order valence-electron chi connectivity index (χ0n) is 9.84. The Morgan fingerprint density at radius 2 is 2.13 bits per heavy atom. The molecule has 0 unspecified atom stereocenters. The van der Waals surface area contributed by atoms with Crippen molar-refractivity contribution in [2.45, 2.75) is 50.6 Å². The third-order valence-corrected chi connectivity index (χ3v) is 3.63. The van der Waals surface area contributed by atoms with Gasteiger partial charge in [-0.3, -0.25) is 4.79 Å². The first-order valence-corrected chi connectivity index (χ1v) is 6.84. The molecule has 0 aromatic rings. The van der Waals surface area contributed by atoms with Crippen LogP contribution in [0.5, 0.6) is 0 Å². The maximum atomic E-state index is 11.8. The fraction of sp³-hybridized carbons (Fsp3) is 0.750. The van der Waals surface area contributed by atoms with Gasteiger partial charge in [0, 0.05) is 28.3 Å². The Morgan fingerprint density at radius 3 is 2.53 bits per heavy atom. The molecule has 0 aromatic carbocycles. The summed E-state index contributed by atoms with van der Waals surface area (Å²) in [7, 11) is 0. The van der Waals surface area contributed by atoms with Crippen molar-refractivity contribution < 1.29 is 9.53 Å². The molecule has 0 spiro atoms. The Labute approximate surface area is 106 Å². The number of Topliss-reactive ketones (excluding diaryl/α,β-unsaturated/α-hetero) is 1. The van der Waals surface area contributed by atoms with Crippen LogP contribution in [0.25, 0.3) is 0 Å². The largest absolute Gasteiger partial charge is 0.493 e. The molecule has 0 saturated carbocycles. The second-order valence-corrected chi connectivity index (χ2v) is 5.98. The summed E-state index contributed by atoms with van der Waals surface area (Å²) in [5.41, 5.74) is 0.938. The number of carbonyl (C=O) groups is 1. The highest BCUT2D eigenvalue weighted by atomic mass is 127. The molecule has 0 fully saturated rings. The lowest BCUT2D eigenvalue weighted by atomic mass is 9.91. The van der Waals surface area contributed by atoms with E-state index in [1.807, 2.05) is 13.8 Å². The van der Waals surface area contributed by atoms with Crippen LogP contribution in [0.4, 0.5) is 0 Å². The number of ketones is 1. The predicted octanol–water partition coefficient (Wildman–Crippen LogP) is 3.49. The van der Waals surface area contributed by atoms with Crippen molar-refractivity contribution in [1.29, 1.82) is 0 Å². The van der Waals surface area contributed by atoms with E-state index in [2.05, 4.69) is 36.4 Å². The van der Waals surface area contributed by atoms with E-state index in [4.69, 9.17) is 4.74 Å². The van der Waals surface area contributed by atoms with Crippen LogP contribution in [0.3, 0.4) is 0 Å². The standard InChI is InChI=1S/C12H19IO2/c1-5-9(14)11-7(3)12(8(4)13)15-10(11)6-2/h7-8,12H,5-6H2,1-4H3/t7-,8-,12-/m1/s1. The van der Waals surface area contributed by atoms with Crippen LogP contribution >= 0.6 is 22.6 Å². The second-order valence-electron chi connectivity index (χ2n) is 4.02. The molecule has 3 atom stereocenters. The predicted molar refractivity (Wildman–Crippen MR) is 70.1 cm³/mol. The van der Waals surface area contributed by atoms with Crippen LogP contribution < -0.4 is 0 Å². The van der Waals surface area contributed by atoms with Gasteiger partial charge in [0.1, 0.15) is 11.9 Å². The monoisotopic (exact) mass is 322 g/mol. The summed E-state index contributed by atoms with van der Waals surface area (Å²) >= 11 is 2.37. The zero-order valence-corrected chi connectivity index (χ0v) is 12.0. The highest BCUT2D eigenvalue weighted by molar-refractivity contribution is 14.1. The second kappa shape index (κ2) is 5.32. The minimum absolute atomic E-state index is 0.172. The average molecular weight is 322 g/mol. The molecule has 1 aliphatic heterocycles. The Morgan fingerprint density at radius 1 is 1.53 bits per heavy atom. The number of rotatable bonds is 4. The quantitative estimate of drug-likeness (QED) is 0.585. The third kappa shape index (κ3) is 2.55. The molecule has 0 bridgehead atoms. The molecule has 1 rings (SSSR count). The number of ether oxygens (including phenoxy) is 1. The molecule has 0 aromatic heterocycles. The van der Waals surface area contributed by atoms with E-state index in [1.54, 1.807) is 0 Å². The van der Waals surface area contributed by atoms with Crippen molar-refractivity contribution in [2.24, 2.45) is 5.92 Å². The number of alkyl halides is 1. The lowest BCUT2D eigenvalue weighted by Crippen LogP contribution is -2.25. The van der Waals surface area contributed by atoms with Crippen LogP contribution in [0, 0.1) is 5.92 Å². The van der Waals surface area contributed by atoms with Crippen molar-refractivity contribution >= 4 is 28.4 Å². The molecule has 0 radical (unpaired) electrons. The van der Waals surface area contributed by atoms with Gasteiger partial charge < -0.3 is 4.74 Å². The summed E-state index contributed by atoms with van der Waals surface area (Å²) in [6.45, 7) is 8.20. The van der Waals surface area contributed by atoms with Crippen LogP contribution in [-0.2, 0) is 9.53 Å².